The first-order chi connectivity index (χ1) is 13.8. The molecular weight excluding hydrogens is 471 g/mol. The van der Waals surface area contributed by atoms with Gasteiger partial charge in [0.15, 0.2) is 0 Å². The number of carbonyl (C=O) groups excluding carboxylic acids is 2. The molecule has 0 N–H and O–H groups in total. The Kier molecular flexibility index (Phi) is 16.0. The van der Waals surface area contributed by atoms with Gasteiger partial charge in [0.05, 0.1) is 11.9 Å². The smallest absolute Gasteiger partial charge is 0.0715 e. The molecule has 0 aromatic heterocycles. The van der Waals surface area contributed by atoms with Crippen molar-refractivity contribution in [1.29, 1.82) is 0 Å². The van der Waals surface area contributed by atoms with Crippen molar-refractivity contribution in [3.05, 3.63) is 70.8 Å². The fraction of sp³-hybridized carbons (Fsp3) is 0.417. The number of carboxylic acid groups (broad SMARTS) is 2. The van der Waals surface area contributed by atoms with Crippen molar-refractivity contribution in [3.63, 3.8) is 0 Å². The zero-order chi connectivity index (χ0) is 22.1. The predicted molar refractivity (Wildman–Crippen MR) is 116 cm³/mol. The molecule has 0 radical (unpaired) electrons. The maximum Gasteiger partial charge on any atom is 0.0715 e. The van der Waals surface area contributed by atoms with Gasteiger partial charge in [0.2, 0.25) is 0 Å². The molecule has 0 aliphatic carbocycles. The van der Waals surface area contributed by atoms with Gasteiger partial charge in [0, 0.05) is 0 Å². The molecule has 2 aromatic carbocycles. The summed E-state index contributed by atoms with van der Waals surface area (Å²) in [6, 6.07) is 13.1. The van der Waals surface area contributed by atoms with Gasteiger partial charge in [-0.15, -0.1) is 0 Å². The Hall–Kier alpha value is -1.82. The minimum absolute atomic E-state index is 0.149. The Balaban J connectivity index is 0.000000407. The molecule has 29 heavy (non-hydrogen) atoms. The second-order valence-corrected chi connectivity index (χ2v) is 11.0. The van der Waals surface area contributed by atoms with Crippen molar-refractivity contribution in [1.82, 2.24) is 0 Å². The van der Waals surface area contributed by atoms with Gasteiger partial charge in [0.1, 0.15) is 0 Å². The normalized spacial score (nSPS) is 9.24. The number of hydrogen-bond donors (Lipinski definition) is 0. The molecule has 0 bridgehead atoms. The molecule has 0 unspecified atom stereocenters. The summed E-state index contributed by atoms with van der Waals surface area (Å²) < 4.78 is 3.25. The zero-order valence-electron chi connectivity index (χ0n) is 18.0. The number of aryl methyl sites for hydroxylation is 2. The minimum atomic E-state index is -1.12. The van der Waals surface area contributed by atoms with Gasteiger partial charge in [0.25, 0.3) is 0 Å². The number of carboxylic acids is 2. The number of unbranched alkanes of at least 4 members (excludes halogenated alkanes) is 2. The van der Waals surface area contributed by atoms with E-state index in [4.69, 9.17) is 0 Å². The molecule has 156 valence electrons. The first kappa shape index (κ1) is 27.2. The molecule has 4 nitrogen and oxygen atoms in total. The maximum atomic E-state index is 10.2. The standard InChI is InChI=1S/2C8H8O2.2C4H9.Sn/c2*1-6-2-4-7(5-3-6)8(9)10;2*1-3-4-2;/h2*2-5H,1H3,(H,9,10);2*1,3-4H2,2H3;/q;;;;+2/p-2. The third-order valence-corrected chi connectivity index (χ3v) is 8.03. The van der Waals surface area contributed by atoms with Gasteiger partial charge >= 0.3 is 69.5 Å². The van der Waals surface area contributed by atoms with E-state index < -0.39 is 11.9 Å². The Bertz CT molecular complexity index is 632. The summed E-state index contributed by atoms with van der Waals surface area (Å²) in [4.78, 5) is 20.4. The van der Waals surface area contributed by atoms with Gasteiger partial charge in [-0.1, -0.05) is 59.7 Å². The fourth-order valence-electron chi connectivity index (χ4n) is 2.11. The van der Waals surface area contributed by atoms with Crippen LogP contribution in [0.1, 0.15) is 71.4 Å². The van der Waals surface area contributed by atoms with E-state index in [2.05, 4.69) is 13.8 Å². The zero-order valence-corrected chi connectivity index (χ0v) is 20.8. The number of carbonyl (C=O) groups is 2. The van der Waals surface area contributed by atoms with E-state index in [1.807, 2.05) is 13.8 Å². The molecule has 5 heteroatoms. The summed E-state index contributed by atoms with van der Waals surface area (Å²) in [5, 5.41) is 20.4. The van der Waals surface area contributed by atoms with Crippen LogP contribution in [0.4, 0.5) is 0 Å². The van der Waals surface area contributed by atoms with Gasteiger partial charge in [-0.3, -0.25) is 0 Å². The van der Waals surface area contributed by atoms with E-state index in [1.165, 1.54) is 49.9 Å². The summed E-state index contributed by atoms with van der Waals surface area (Å²) in [5.74, 6) is -2.25. The van der Waals surface area contributed by atoms with Gasteiger partial charge in [-0.25, -0.2) is 0 Å². The van der Waals surface area contributed by atoms with Crippen molar-refractivity contribution in [3.8, 4) is 0 Å². The molecule has 0 atom stereocenters. The number of rotatable bonds is 8. The van der Waals surface area contributed by atoms with Crippen LogP contribution in [0, 0.1) is 13.8 Å². The Morgan fingerprint density at radius 3 is 1.24 bits per heavy atom. The van der Waals surface area contributed by atoms with Crippen LogP contribution < -0.4 is 10.2 Å². The third kappa shape index (κ3) is 14.8. The van der Waals surface area contributed by atoms with E-state index in [0.717, 1.165) is 11.1 Å². The van der Waals surface area contributed by atoms with Crippen molar-refractivity contribution in [2.45, 2.75) is 62.3 Å². The molecule has 0 aliphatic rings. The van der Waals surface area contributed by atoms with Crippen LogP contribution in [0.25, 0.3) is 0 Å². The molecule has 0 spiro atoms. The SMILES string of the molecule is CCC[CH2][Sn+2][CH2]CCC.Cc1ccc(C(=O)[O-])cc1.Cc1ccc(C(=O)[O-])cc1. The van der Waals surface area contributed by atoms with Gasteiger partial charge in [-0.2, -0.15) is 0 Å². The topological polar surface area (TPSA) is 80.3 Å². The van der Waals surface area contributed by atoms with Crippen LogP contribution in [0.3, 0.4) is 0 Å². The number of aromatic carboxylic acids is 2. The molecule has 0 fully saturated rings. The van der Waals surface area contributed by atoms with Crippen molar-refractivity contribution < 1.29 is 19.8 Å². The quantitative estimate of drug-likeness (QED) is 0.405. The van der Waals surface area contributed by atoms with Crippen LogP contribution in [-0.4, -0.2) is 33.1 Å². The summed E-state index contributed by atoms with van der Waals surface area (Å²) in [6.45, 7) is 8.39. The Morgan fingerprint density at radius 1 is 0.690 bits per heavy atom. The summed E-state index contributed by atoms with van der Waals surface area (Å²) in [7, 11) is 0. The second kappa shape index (κ2) is 17.1. The summed E-state index contributed by atoms with van der Waals surface area (Å²) in [6.07, 6.45) is 5.84. The number of hydrogen-bond acceptors (Lipinski definition) is 4. The minimum Gasteiger partial charge on any atom is -0.545 e. The van der Waals surface area contributed by atoms with Gasteiger partial charge in [-0.05, 0) is 25.0 Å². The monoisotopic (exact) mass is 504 g/mol. The van der Waals surface area contributed by atoms with Crippen LogP contribution in [0.5, 0.6) is 0 Å². The van der Waals surface area contributed by atoms with E-state index in [0.29, 0.717) is 0 Å². The average molecular weight is 503 g/mol. The molecular formula is C24H32O4Sn. The van der Waals surface area contributed by atoms with Gasteiger partial charge < -0.3 is 19.8 Å². The molecule has 0 saturated carbocycles. The predicted octanol–water partition coefficient (Wildman–Crippen LogP) is 3.84. The molecule has 0 amide bonds. The van der Waals surface area contributed by atoms with Crippen molar-refractivity contribution in [2.24, 2.45) is 0 Å². The Morgan fingerprint density at radius 2 is 1.00 bits per heavy atom. The summed E-state index contributed by atoms with van der Waals surface area (Å²) >= 11 is 0.149. The maximum absolute atomic E-state index is 10.2. The molecule has 0 heterocycles. The second-order valence-electron chi connectivity index (χ2n) is 6.76. The summed E-state index contributed by atoms with van der Waals surface area (Å²) in [5.41, 5.74) is 2.55. The molecule has 2 aromatic rings. The van der Waals surface area contributed by atoms with Crippen LogP contribution in [0.2, 0.25) is 8.87 Å². The number of benzene rings is 2. The van der Waals surface area contributed by atoms with Crippen molar-refractivity contribution in [2.75, 3.05) is 0 Å². The Labute approximate surface area is 185 Å². The van der Waals surface area contributed by atoms with E-state index >= 15 is 0 Å². The van der Waals surface area contributed by atoms with E-state index in [9.17, 15) is 19.8 Å². The van der Waals surface area contributed by atoms with Crippen LogP contribution in [-0.2, 0) is 0 Å². The van der Waals surface area contributed by atoms with Crippen molar-refractivity contribution >= 4 is 33.1 Å². The molecule has 2 rings (SSSR count). The molecule has 0 saturated heterocycles. The van der Waals surface area contributed by atoms with E-state index in [1.54, 1.807) is 33.1 Å². The average Bonchev–Trinajstić information content (AvgIpc) is 2.69. The fourth-order valence-corrected chi connectivity index (χ4v) is 6.27. The van der Waals surface area contributed by atoms with E-state index in [-0.39, 0.29) is 32.3 Å². The van der Waals surface area contributed by atoms with Crippen LogP contribution in [0.15, 0.2) is 48.5 Å². The molecule has 0 aliphatic heterocycles. The third-order valence-electron chi connectivity index (χ3n) is 3.99. The first-order valence-corrected chi connectivity index (χ1v) is 14.1. The first-order valence-electron chi connectivity index (χ1n) is 10.1. The van der Waals surface area contributed by atoms with Crippen LogP contribution >= 0.6 is 0 Å². The largest absolute Gasteiger partial charge is 0.545 e.